The maximum atomic E-state index is 12.3. The third kappa shape index (κ3) is 3.51. The van der Waals surface area contributed by atoms with Crippen LogP contribution in [0.4, 0.5) is 0 Å². The lowest BCUT2D eigenvalue weighted by atomic mass is 10.0. The minimum atomic E-state index is -0.389. The summed E-state index contributed by atoms with van der Waals surface area (Å²) in [6.07, 6.45) is 6.05. The maximum Gasteiger partial charge on any atom is 0.261 e. The Balaban J connectivity index is 2.12. The Labute approximate surface area is 124 Å². The molecule has 1 aliphatic carbocycles. The number of amides is 1. The summed E-state index contributed by atoms with van der Waals surface area (Å²) >= 11 is 7.77. The van der Waals surface area contributed by atoms with E-state index in [9.17, 15) is 4.79 Å². The first-order valence-corrected chi connectivity index (χ1v) is 8.23. The first-order chi connectivity index (χ1) is 8.90. The van der Waals surface area contributed by atoms with Crippen molar-refractivity contribution in [3.63, 3.8) is 0 Å². The standard InChI is InChI=1S/C15H22ClNOS/c1-10(16)15(2,3)17-14(18)13-9-11-7-5-4-6-8-12(11)19-13/h9-10H,4-8H2,1-3H3,(H,17,18). The van der Waals surface area contributed by atoms with Gasteiger partial charge in [-0.25, -0.2) is 0 Å². The number of thiophene rings is 1. The van der Waals surface area contributed by atoms with Gasteiger partial charge < -0.3 is 5.32 Å². The molecule has 0 fully saturated rings. The van der Waals surface area contributed by atoms with Gasteiger partial charge in [0.05, 0.1) is 15.8 Å². The summed E-state index contributed by atoms with van der Waals surface area (Å²) < 4.78 is 0. The number of carbonyl (C=O) groups excluding carboxylic acids is 1. The molecule has 2 nitrogen and oxygen atoms in total. The quantitative estimate of drug-likeness (QED) is 0.659. The zero-order chi connectivity index (χ0) is 14.0. The fraction of sp³-hybridized carbons (Fsp3) is 0.667. The Hall–Kier alpha value is -0.540. The van der Waals surface area contributed by atoms with Crippen LogP contribution in [0.1, 0.15) is 60.1 Å². The number of nitrogens with one attached hydrogen (secondary N) is 1. The number of fused-ring (bicyclic) bond motifs is 1. The number of hydrogen-bond acceptors (Lipinski definition) is 2. The average Bonchev–Trinajstić information content (AvgIpc) is 2.60. The molecule has 0 aliphatic heterocycles. The van der Waals surface area contributed by atoms with Gasteiger partial charge in [-0.2, -0.15) is 0 Å². The largest absolute Gasteiger partial charge is 0.345 e. The highest BCUT2D eigenvalue weighted by Crippen LogP contribution is 2.29. The molecule has 1 aromatic heterocycles. The molecular weight excluding hydrogens is 278 g/mol. The van der Waals surface area contributed by atoms with Gasteiger partial charge in [0.15, 0.2) is 0 Å². The Morgan fingerprint density at radius 2 is 2.05 bits per heavy atom. The Morgan fingerprint density at radius 3 is 2.74 bits per heavy atom. The van der Waals surface area contributed by atoms with E-state index < -0.39 is 0 Å². The number of rotatable bonds is 3. The predicted molar refractivity (Wildman–Crippen MR) is 82.4 cm³/mol. The predicted octanol–water partition coefficient (Wildman–Crippen LogP) is 4.15. The van der Waals surface area contributed by atoms with E-state index in [0.717, 1.165) is 17.7 Å². The van der Waals surface area contributed by atoms with Crippen LogP contribution in [0.15, 0.2) is 6.07 Å². The van der Waals surface area contributed by atoms with Crippen molar-refractivity contribution in [2.75, 3.05) is 0 Å². The fourth-order valence-corrected chi connectivity index (χ4v) is 3.44. The Bertz CT molecular complexity index is 441. The van der Waals surface area contributed by atoms with Gasteiger partial charge in [0.1, 0.15) is 0 Å². The molecule has 2 rings (SSSR count). The van der Waals surface area contributed by atoms with Crippen molar-refractivity contribution < 1.29 is 4.79 Å². The molecule has 1 unspecified atom stereocenters. The summed E-state index contributed by atoms with van der Waals surface area (Å²) in [5.74, 6) is 0.00979. The van der Waals surface area contributed by atoms with Crippen LogP contribution in [0.2, 0.25) is 0 Å². The number of alkyl halides is 1. The zero-order valence-electron chi connectivity index (χ0n) is 11.9. The van der Waals surface area contributed by atoms with Gasteiger partial charge in [-0.15, -0.1) is 22.9 Å². The lowest BCUT2D eigenvalue weighted by molar-refractivity contribution is 0.0916. The van der Waals surface area contributed by atoms with Crippen LogP contribution < -0.4 is 5.32 Å². The molecule has 19 heavy (non-hydrogen) atoms. The van der Waals surface area contributed by atoms with Gasteiger partial charge in [0.25, 0.3) is 5.91 Å². The van der Waals surface area contributed by atoms with Crippen LogP contribution in [0.5, 0.6) is 0 Å². The monoisotopic (exact) mass is 299 g/mol. The van der Waals surface area contributed by atoms with Gasteiger partial charge in [0, 0.05) is 4.88 Å². The molecule has 4 heteroatoms. The molecule has 1 atom stereocenters. The normalized spacial score (nSPS) is 17.5. The van der Waals surface area contributed by atoms with Crippen LogP contribution in [-0.4, -0.2) is 16.8 Å². The van der Waals surface area contributed by atoms with E-state index in [2.05, 4.69) is 11.4 Å². The second kappa shape index (κ2) is 5.84. The van der Waals surface area contributed by atoms with Crippen LogP contribution in [-0.2, 0) is 12.8 Å². The Morgan fingerprint density at radius 1 is 1.37 bits per heavy atom. The van der Waals surface area contributed by atoms with Gasteiger partial charge >= 0.3 is 0 Å². The molecule has 1 aliphatic rings. The lowest BCUT2D eigenvalue weighted by Crippen LogP contribution is -2.48. The minimum absolute atomic E-state index is 0.00979. The highest BCUT2D eigenvalue weighted by atomic mass is 35.5. The molecule has 1 N–H and O–H groups in total. The molecule has 1 heterocycles. The number of halogens is 1. The zero-order valence-corrected chi connectivity index (χ0v) is 13.5. The molecule has 0 radical (unpaired) electrons. The SMILES string of the molecule is CC(Cl)C(C)(C)NC(=O)c1cc2c(s1)CCCCC2. The van der Waals surface area contributed by atoms with E-state index in [-0.39, 0.29) is 16.8 Å². The van der Waals surface area contributed by atoms with E-state index in [1.54, 1.807) is 11.3 Å². The van der Waals surface area contributed by atoms with Crippen molar-refractivity contribution in [1.29, 1.82) is 0 Å². The molecular formula is C15H22ClNOS. The Kier molecular flexibility index (Phi) is 4.57. The maximum absolute atomic E-state index is 12.3. The van der Waals surface area contributed by atoms with E-state index in [4.69, 9.17) is 11.6 Å². The fourth-order valence-electron chi connectivity index (χ4n) is 2.23. The van der Waals surface area contributed by atoms with Crippen molar-refractivity contribution >= 4 is 28.8 Å². The van der Waals surface area contributed by atoms with E-state index >= 15 is 0 Å². The molecule has 0 saturated carbocycles. The molecule has 1 amide bonds. The van der Waals surface area contributed by atoms with E-state index in [1.807, 2.05) is 20.8 Å². The first kappa shape index (κ1) is 14.9. The molecule has 0 aromatic carbocycles. The molecule has 106 valence electrons. The second-order valence-corrected chi connectivity index (χ2v) is 7.70. The van der Waals surface area contributed by atoms with Crippen LogP contribution in [0, 0.1) is 0 Å². The van der Waals surface area contributed by atoms with Gasteiger partial charge in [-0.05, 0) is 58.1 Å². The van der Waals surface area contributed by atoms with Crippen LogP contribution in [0.25, 0.3) is 0 Å². The lowest BCUT2D eigenvalue weighted by Gasteiger charge is -2.28. The van der Waals surface area contributed by atoms with E-state index in [1.165, 1.54) is 29.7 Å². The third-order valence-corrected chi connectivity index (χ3v) is 5.68. The summed E-state index contributed by atoms with van der Waals surface area (Å²) in [5, 5.41) is 2.93. The van der Waals surface area contributed by atoms with Gasteiger partial charge in [0.2, 0.25) is 0 Å². The number of carbonyl (C=O) groups is 1. The van der Waals surface area contributed by atoms with Crippen LogP contribution in [0.3, 0.4) is 0 Å². The summed E-state index contributed by atoms with van der Waals surface area (Å²) in [6.45, 7) is 5.83. The second-order valence-electron chi connectivity index (χ2n) is 5.91. The van der Waals surface area contributed by atoms with Gasteiger partial charge in [-0.3, -0.25) is 4.79 Å². The molecule has 0 spiro atoms. The first-order valence-electron chi connectivity index (χ1n) is 6.98. The summed E-state index contributed by atoms with van der Waals surface area (Å²) in [4.78, 5) is 14.5. The van der Waals surface area contributed by atoms with Crippen molar-refractivity contribution in [3.05, 3.63) is 21.4 Å². The molecule has 0 bridgehead atoms. The van der Waals surface area contributed by atoms with Crippen molar-refractivity contribution in [3.8, 4) is 0 Å². The smallest absolute Gasteiger partial charge is 0.261 e. The van der Waals surface area contributed by atoms with Gasteiger partial charge in [-0.1, -0.05) is 6.42 Å². The van der Waals surface area contributed by atoms with E-state index in [0.29, 0.717) is 0 Å². The molecule has 1 aromatic rings. The topological polar surface area (TPSA) is 29.1 Å². The average molecular weight is 300 g/mol. The van der Waals surface area contributed by atoms with Crippen molar-refractivity contribution in [2.24, 2.45) is 0 Å². The third-order valence-electron chi connectivity index (χ3n) is 3.90. The summed E-state index contributed by atoms with van der Waals surface area (Å²) in [5.41, 5.74) is 0.990. The summed E-state index contributed by atoms with van der Waals surface area (Å²) in [7, 11) is 0. The minimum Gasteiger partial charge on any atom is -0.345 e. The molecule has 0 saturated heterocycles. The number of aryl methyl sites for hydroxylation is 2. The number of hydrogen-bond donors (Lipinski definition) is 1. The highest BCUT2D eigenvalue weighted by molar-refractivity contribution is 7.14. The summed E-state index contributed by atoms with van der Waals surface area (Å²) in [6, 6.07) is 2.08. The highest BCUT2D eigenvalue weighted by Gasteiger charge is 2.27. The van der Waals surface area contributed by atoms with Crippen molar-refractivity contribution in [2.45, 2.75) is 63.8 Å². The van der Waals surface area contributed by atoms with Crippen LogP contribution >= 0.6 is 22.9 Å². The van der Waals surface area contributed by atoms with Crippen molar-refractivity contribution in [1.82, 2.24) is 5.32 Å².